The van der Waals surface area contributed by atoms with Crippen LogP contribution in [-0.4, -0.2) is 42.1 Å². The van der Waals surface area contributed by atoms with Crippen LogP contribution >= 0.6 is 12.4 Å². The first kappa shape index (κ1) is 18.0. The SMILES string of the molecule is CCC(CC)c1cc(C(=O)N2CCCC2CNC)on1.Cl. The number of nitrogens with zero attached hydrogens (tertiary/aromatic N) is 2. The van der Waals surface area contributed by atoms with Crippen molar-refractivity contribution in [3.8, 4) is 0 Å². The van der Waals surface area contributed by atoms with E-state index in [1.54, 1.807) is 0 Å². The van der Waals surface area contributed by atoms with Gasteiger partial charge in [0, 0.05) is 31.1 Å². The number of amides is 1. The zero-order chi connectivity index (χ0) is 14.5. The smallest absolute Gasteiger partial charge is 0.292 e. The van der Waals surface area contributed by atoms with Crippen LogP contribution in [0, 0.1) is 0 Å². The number of carbonyl (C=O) groups excluding carboxylic acids is 1. The molecule has 1 aromatic heterocycles. The van der Waals surface area contributed by atoms with Crippen LogP contribution in [0.2, 0.25) is 0 Å². The molecule has 1 saturated heterocycles. The first-order valence-electron chi connectivity index (χ1n) is 7.63. The van der Waals surface area contributed by atoms with E-state index in [9.17, 15) is 4.79 Å². The second-order valence-corrected chi connectivity index (χ2v) is 5.48. The van der Waals surface area contributed by atoms with Crippen LogP contribution in [0.3, 0.4) is 0 Å². The van der Waals surface area contributed by atoms with Gasteiger partial charge in [-0.3, -0.25) is 4.79 Å². The number of hydrogen-bond acceptors (Lipinski definition) is 4. The fourth-order valence-electron chi connectivity index (χ4n) is 2.98. The average molecular weight is 316 g/mol. The average Bonchev–Trinajstić information content (AvgIpc) is 3.09. The van der Waals surface area contributed by atoms with Crippen molar-refractivity contribution in [1.29, 1.82) is 0 Å². The van der Waals surface area contributed by atoms with Crippen molar-refractivity contribution < 1.29 is 9.32 Å². The molecule has 0 spiro atoms. The summed E-state index contributed by atoms with van der Waals surface area (Å²) >= 11 is 0. The minimum absolute atomic E-state index is 0. The monoisotopic (exact) mass is 315 g/mol. The highest BCUT2D eigenvalue weighted by atomic mass is 35.5. The number of hydrogen-bond donors (Lipinski definition) is 1. The normalized spacial score (nSPS) is 18.1. The van der Waals surface area contributed by atoms with Gasteiger partial charge in [-0.15, -0.1) is 12.4 Å². The van der Waals surface area contributed by atoms with Gasteiger partial charge in [0.2, 0.25) is 5.76 Å². The molecule has 1 aromatic rings. The Balaban J connectivity index is 0.00000220. The van der Waals surface area contributed by atoms with E-state index in [2.05, 4.69) is 24.3 Å². The largest absolute Gasteiger partial charge is 0.351 e. The maximum Gasteiger partial charge on any atom is 0.292 e. The second kappa shape index (κ2) is 8.39. The van der Waals surface area contributed by atoms with E-state index in [1.165, 1.54) is 0 Å². The lowest BCUT2D eigenvalue weighted by Crippen LogP contribution is -2.40. The molecular weight excluding hydrogens is 290 g/mol. The molecule has 0 aromatic carbocycles. The molecule has 1 atom stereocenters. The Bertz CT molecular complexity index is 446. The van der Waals surface area contributed by atoms with Gasteiger partial charge in [-0.25, -0.2) is 0 Å². The molecule has 0 aliphatic carbocycles. The van der Waals surface area contributed by atoms with Crippen LogP contribution in [0.5, 0.6) is 0 Å². The molecule has 2 heterocycles. The van der Waals surface area contributed by atoms with Gasteiger partial charge >= 0.3 is 0 Å². The van der Waals surface area contributed by atoms with Gasteiger partial charge < -0.3 is 14.7 Å². The zero-order valence-corrected chi connectivity index (χ0v) is 13.9. The molecular formula is C15H26ClN3O2. The van der Waals surface area contributed by atoms with E-state index in [0.717, 1.165) is 44.5 Å². The molecule has 0 saturated carbocycles. The quantitative estimate of drug-likeness (QED) is 0.877. The van der Waals surface area contributed by atoms with E-state index < -0.39 is 0 Å². The summed E-state index contributed by atoms with van der Waals surface area (Å²) in [5.74, 6) is 0.745. The number of carbonyl (C=O) groups is 1. The summed E-state index contributed by atoms with van der Waals surface area (Å²) in [6.45, 7) is 5.91. The summed E-state index contributed by atoms with van der Waals surface area (Å²) in [7, 11) is 1.92. The minimum Gasteiger partial charge on any atom is -0.351 e. The highest BCUT2D eigenvalue weighted by molar-refractivity contribution is 5.92. The van der Waals surface area contributed by atoms with E-state index in [-0.39, 0.29) is 24.4 Å². The molecule has 0 radical (unpaired) electrons. The van der Waals surface area contributed by atoms with Crippen molar-refractivity contribution in [2.75, 3.05) is 20.1 Å². The Labute approximate surface area is 132 Å². The first-order chi connectivity index (χ1) is 9.71. The summed E-state index contributed by atoms with van der Waals surface area (Å²) in [6.07, 6.45) is 4.15. The van der Waals surface area contributed by atoms with Crippen molar-refractivity contribution in [3.05, 3.63) is 17.5 Å². The van der Waals surface area contributed by atoms with E-state index in [4.69, 9.17) is 4.52 Å². The second-order valence-electron chi connectivity index (χ2n) is 5.48. The Hall–Kier alpha value is -1.07. The lowest BCUT2D eigenvalue weighted by Gasteiger charge is -2.23. The Morgan fingerprint density at radius 3 is 2.86 bits per heavy atom. The summed E-state index contributed by atoms with van der Waals surface area (Å²) in [5, 5.41) is 7.23. The molecule has 1 aliphatic rings. The summed E-state index contributed by atoms with van der Waals surface area (Å²) < 4.78 is 5.29. The molecule has 120 valence electrons. The van der Waals surface area contributed by atoms with Crippen molar-refractivity contribution in [2.45, 2.75) is 51.5 Å². The Morgan fingerprint density at radius 2 is 2.24 bits per heavy atom. The summed E-state index contributed by atoms with van der Waals surface area (Å²) in [5.41, 5.74) is 0.905. The molecule has 1 unspecified atom stereocenters. The predicted octanol–water partition coefficient (Wildman–Crippen LogP) is 2.82. The maximum atomic E-state index is 12.5. The third kappa shape index (κ3) is 3.98. The number of likely N-dealkylation sites (tertiary alicyclic amines) is 1. The van der Waals surface area contributed by atoms with Crippen molar-refractivity contribution in [1.82, 2.24) is 15.4 Å². The minimum atomic E-state index is -0.0209. The van der Waals surface area contributed by atoms with Crippen molar-refractivity contribution in [3.63, 3.8) is 0 Å². The van der Waals surface area contributed by atoms with Crippen LogP contribution in [0.25, 0.3) is 0 Å². The van der Waals surface area contributed by atoms with Gasteiger partial charge in [-0.1, -0.05) is 19.0 Å². The van der Waals surface area contributed by atoms with Gasteiger partial charge in [0.1, 0.15) is 0 Å². The number of aromatic nitrogens is 1. The Morgan fingerprint density at radius 1 is 1.52 bits per heavy atom. The molecule has 2 rings (SSSR count). The van der Waals surface area contributed by atoms with Crippen LogP contribution in [0.15, 0.2) is 10.6 Å². The van der Waals surface area contributed by atoms with Gasteiger partial charge in [-0.05, 0) is 32.7 Å². The van der Waals surface area contributed by atoms with Crippen LogP contribution in [0.1, 0.15) is 61.7 Å². The van der Waals surface area contributed by atoms with Crippen molar-refractivity contribution >= 4 is 18.3 Å². The fourth-order valence-corrected chi connectivity index (χ4v) is 2.98. The summed E-state index contributed by atoms with van der Waals surface area (Å²) in [4.78, 5) is 14.4. The van der Waals surface area contributed by atoms with Crippen molar-refractivity contribution in [2.24, 2.45) is 0 Å². The first-order valence-corrected chi connectivity index (χ1v) is 7.63. The van der Waals surface area contributed by atoms with Gasteiger partial charge in [0.05, 0.1) is 5.69 Å². The van der Waals surface area contributed by atoms with Crippen LogP contribution in [-0.2, 0) is 0 Å². The third-order valence-electron chi connectivity index (χ3n) is 4.22. The van der Waals surface area contributed by atoms with Crippen LogP contribution in [0.4, 0.5) is 0 Å². The van der Waals surface area contributed by atoms with E-state index in [0.29, 0.717) is 11.7 Å². The fraction of sp³-hybridized carbons (Fsp3) is 0.733. The molecule has 5 nitrogen and oxygen atoms in total. The maximum absolute atomic E-state index is 12.5. The van der Waals surface area contributed by atoms with E-state index in [1.807, 2.05) is 18.0 Å². The highest BCUT2D eigenvalue weighted by Gasteiger charge is 2.31. The molecule has 1 N–H and O–H groups in total. The molecule has 1 amide bonds. The zero-order valence-electron chi connectivity index (χ0n) is 13.1. The lowest BCUT2D eigenvalue weighted by atomic mass is 9.99. The molecule has 0 bridgehead atoms. The number of rotatable bonds is 6. The van der Waals surface area contributed by atoms with Gasteiger partial charge in [0.15, 0.2) is 0 Å². The number of halogens is 1. The van der Waals surface area contributed by atoms with Gasteiger partial charge in [0.25, 0.3) is 5.91 Å². The number of nitrogens with one attached hydrogen (secondary N) is 1. The topological polar surface area (TPSA) is 58.4 Å². The third-order valence-corrected chi connectivity index (χ3v) is 4.22. The van der Waals surface area contributed by atoms with Gasteiger partial charge in [-0.2, -0.15) is 0 Å². The predicted molar refractivity (Wildman–Crippen MR) is 85.1 cm³/mol. The van der Waals surface area contributed by atoms with Crippen LogP contribution < -0.4 is 5.32 Å². The standard InChI is InChI=1S/C15H25N3O2.ClH/c1-4-11(5-2)13-9-14(20-17-13)15(19)18-8-6-7-12(18)10-16-3;/h9,11-12,16H,4-8,10H2,1-3H3;1H. The summed E-state index contributed by atoms with van der Waals surface area (Å²) in [6, 6.07) is 2.10. The molecule has 6 heteroatoms. The van der Waals surface area contributed by atoms with E-state index >= 15 is 0 Å². The molecule has 1 fully saturated rings. The highest BCUT2D eigenvalue weighted by Crippen LogP contribution is 2.25. The molecule has 21 heavy (non-hydrogen) atoms. The lowest BCUT2D eigenvalue weighted by molar-refractivity contribution is 0.0694. The molecule has 1 aliphatic heterocycles. The number of likely N-dealkylation sites (N-methyl/N-ethyl adjacent to an activating group) is 1. The Kier molecular flexibility index (Phi) is 7.18.